The fourth-order valence-corrected chi connectivity index (χ4v) is 2.85. The Morgan fingerprint density at radius 1 is 1.28 bits per heavy atom. The lowest BCUT2D eigenvalue weighted by molar-refractivity contribution is 0.260. The van der Waals surface area contributed by atoms with Crippen molar-refractivity contribution in [2.45, 2.75) is 64.3 Å². The second-order valence-corrected chi connectivity index (χ2v) is 5.44. The summed E-state index contributed by atoms with van der Waals surface area (Å²) < 4.78 is 5.37. The summed E-state index contributed by atoms with van der Waals surface area (Å²) in [6, 6.07) is 0. The van der Waals surface area contributed by atoms with Crippen molar-refractivity contribution in [2.24, 2.45) is 5.92 Å². The van der Waals surface area contributed by atoms with E-state index < -0.39 is 0 Å². The molecule has 4 heteroatoms. The Hall–Kier alpha value is -0.900. The number of nitrogens with zero attached hydrogens (tertiary/aromatic N) is 2. The summed E-state index contributed by atoms with van der Waals surface area (Å²) in [5.41, 5.74) is 0. The lowest BCUT2D eigenvalue weighted by Crippen LogP contribution is -2.14. The van der Waals surface area contributed by atoms with E-state index in [0.29, 0.717) is 12.5 Å². The molecular weight excluding hydrogens is 226 g/mol. The molecule has 0 spiro atoms. The Morgan fingerprint density at radius 2 is 2.06 bits per heavy atom. The molecule has 4 nitrogen and oxygen atoms in total. The van der Waals surface area contributed by atoms with E-state index in [2.05, 4.69) is 22.4 Å². The second-order valence-electron chi connectivity index (χ2n) is 5.44. The monoisotopic (exact) mass is 251 g/mol. The number of aromatic nitrogens is 2. The van der Waals surface area contributed by atoms with E-state index in [1.807, 2.05) is 7.05 Å². The highest BCUT2D eigenvalue weighted by Gasteiger charge is 2.25. The van der Waals surface area contributed by atoms with Crippen LogP contribution in [-0.4, -0.2) is 17.2 Å². The van der Waals surface area contributed by atoms with Gasteiger partial charge in [0.1, 0.15) is 0 Å². The predicted molar refractivity (Wildman–Crippen MR) is 71.3 cm³/mol. The summed E-state index contributed by atoms with van der Waals surface area (Å²) in [4.78, 5) is 4.47. The van der Waals surface area contributed by atoms with Crippen LogP contribution in [-0.2, 0) is 6.54 Å². The lowest BCUT2D eigenvalue weighted by Gasteiger charge is -2.26. The van der Waals surface area contributed by atoms with Crippen molar-refractivity contribution in [3.8, 4) is 0 Å². The molecule has 1 aliphatic rings. The fraction of sp³-hybridized carbons (Fsp3) is 0.857. The maximum Gasteiger partial charge on any atom is 0.229 e. The van der Waals surface area contributed by atoms with E-state index in [0.717, 1.165) is 17.6 Å². The standard InChI is InChI=1S/C14H25N3O/c1-3-4-5-11-6-8-12(9-7-11)14-16-13(10-15-2)17-18-14/h11-12,15H,3-10H2,1-2H3. The van der Waals surface area contributed by atoms with Gasteiger partial charge in [-0.2, -0.15) is 4.98 Å². The van der Waals surface area contributed by atoms with Crippen LogP contribution >= 0.6 is 0 Å². The average molecular weight is 251 g/mol. The second kappa shape index (κ2) is 6.88. The van der Waals surface area contributed by atoms with E-state index in [4.69, 9.17) is 4.52 Å². The number of rotatable bonds is 6. The van der Waals surface area contributed by atoms with Crippen LogP contribution in [0.5, 0.6) is 0 Å². The molecule has 0 amide bonds. The maximum absolute atomic E-state index is 5.37. The van der Waals surface area contributed by atoms with Crippen molar-refractivity contribution in [3.63, 3.8) is 0 Å². The third kappa shape index (κ3) is 3.55. The van der Waals surface area contributed by atoms with Gasteiger partial charge in [-0.1, -0.05) is 31.3 Å². The molecule has 18 heavy (non-hydrogen) atoms. The highest BCUT2D eigenvalue weighted by molar-refractivity contribution is 4.96. The van der Waals surface area contributed by atoms with Crippen LogP contribution in [0.3, 0.4) is 0 Å². The highest BCUT2D eigenvalue weighted by Crippen LogP contribution is 2.36. The van der Waals surface area contributed by atoms with Gasteiger partial charge in [0, 0.05) is 5.92 Å². The minimum Gasteiger partial charge on any atom is -0.339 e. The van der Waals surface area contributed by atoms with Gasteiger partial charge in [-0.25, -0.2) is 0 Å². The van der Waals surface area contributed by atoms with Crippen LogP contribution in [0.15, 0.2) is 4.52 Å². The van der Waals surface area contributed by atoms with Crippen molar-refractivity contribution in [1.82, 2.24) is 15.5 Å². The Labute approximate surface area is 110 Å². The molecule has 0 atom stereocenters. The minimum absolute atomic E-state index is 0.501. The maximum atomic E-state index is 5.37. The Morgan fingerprint density at radius 3 is 2.72 bits per heavy atom. The SMILES string of the molecule is CCCCC1CCC(c2nc(CNC)no2)CC1. The molecular formula is C14H25N3O. The number of hydrogen-bond acceptors (Lipinski definition) is 4. The van der Waals surface area contributed by atoms with Gasteiger partial charge in [0.25, 0.3) is 0 Å². The molecule has 0 radical (unpaired) electrons. The van der Waals surface area contributed by atoms with E-state index in [1.165, 1.54) is 44.9 Å². The molecule has 1 heterocycles. The minimum atomic E-state index is 0.501. The fourth-order valence-electron chi connectivity index (χ4n) is 2.85. The summed E-state index contributed by atoms with van der Waals surface area (Å²) in [5.74, 6) is 3.07. The van der Waals surface area contributed by atoms with Gasteiger partial charge < -0.3 is 9.84 Å². The molecule has 0 saturated heterocycles. The van der Waals surface area contributed by atoms with Gasteiger partial charge in [0.2, 0.25) is 5.89 Å². The molecule has 0 bridgehead atoms. The summed E-state index contributed by atoms with van der Waals surface area (Å²) in [6.45, 7) is 2.96. The van der Waals surface area contributed by atoms with E-state index >= 15 is 0 Å². The molecule has 0 unspecified atom stereocenters. The zero-order chi connectivity index (χ0) is 12.8. The number of nitrogens with one attached hydrogen (secondary N) is 1. The lowest BCUT2D eigenvalue weighted by atomic mass is 9.80. The van der Waals surface area contributed by atoms with Crippen LogP contribution in [0.2, 0.25) is 0 Å². The van der Waals surface area contributed by atoms with E-state index in [1.54, 1.807) is 0 Å². The van der Waals surface area contributed by atoms with Crippen molar-refractivity contribution < 1.29 is 4.52 Å². The van der Waals surface area contributed by atoms with Gasteiger partial charge in [-0.15, -0.1) is 0 Å². The zero-order valence-electron chi connectivity index (χ0n) is 11.6. The molecule has 0 aromatic carbocycles. The number of unbranched alkanes of at least 4 members (excludes halogenated alkanes) is 1. The van der Waals surface area contributed by atoms with Crippen molar-refractivity contribution in [2.75, 3.05) is 7.05 Å². The third-order valence-corrected chi connectivity index (χ3v) is 3.98. The van der Waals surface area contributed by atoms with Crippen molar-refractivity contribution in [3.05, 3.63) is 11.7 Å². The first-order valence-electron chi connectivity index (χ1n) is 7.30. The molecule has 2 rings (SSSR count). The molecule has 102 valence electrons. The largest absolute Gasteiger partial charge is 0.339 e. The summed E-state index contributed by atoms with van der Waals surface area (Å²) in [6.07, 6.45) is 9.19. The van der Waals surface area contributed by atoms with Crippen LogP contribution in [0.1, 0.15) is 69.5 Å². The van der Waals surface area contributed by atoms with E-state index in [9.17, 15) is 0 Å². The quantitative estimate of drug-likeness (QED) is 0.843. The van der Waals surface area contributed by atoms with E-state index in [-0.39, 0.29) is 0 Å². The van der Waals surface area contributed by atoms with Gasteiger partial charge >= 0.3 is 0 Å². The number of hydrogen-bond donors (Lipinski definition) is 1. The Bertz CT molecular complexity index is 343. The highest BCUT2D eigenvalue weighted by atomic mass is 16.5. The summed E-state index contributed by atoms with van der Waals surface area (Å²) in [5, 5.41) is 7.05. The van der Waals surface area contributed by atoms with Crippen molar-refractivity contribution >= 4 is 0 Å². The first-order chi connectivity index (χ1) is 8.83. The van der Waals surface area contributed by atoms with Gasteiger partial charge in [0.05, 0.1) is 6.54 Å². The molecule has 1 fully saturated rings. The average Bonchev–Trinajstić information content (AvgIpc) is 2.86. The molecule has 0 aliphatic heterocycles. The molecule has 1 saturated carbocycles. The Kier molecular flexibility index (Phi) is 5.17. The van der Waals surface area contributed by atoms with Gasteiger partial charge in [-0.05, 0) is 38.6 Å². The topological polar surface area (TPSA) is 51.0 Å². The third-order valence-electron chi connectivity index (χ3n) is 3.98. The van der Waals surface area contributed by atoms with Gasteiger partial charge in [0.15, 0.2) is 5.82 Å². The predicted octanol–water partition coefficient (Wildman–Crippen LogP) is 3.25. The normalized spacial score (nSPS) is 24.3. The van der Waals surface area contributed by atoms with Crippen LogP contribution in [0, 0.1) is 5.92 Å². The van der Waals surface area contributed by atoms with Crippen LogP contribution in [0.25, 0.3) is 0 Å². The first-order valence-corrected chi connectivity index (χ1v) is 7.30. The van der Waals surface area contributed by atoms with Crippen LogP contribution < -0.4 is 5.32 Å². The summed E-state index contributed by atoms with van der Waals surface area (Å²) >= 11 is 0. The molecule has 1 aromatic heterocycles. The van der Waals surface area contributed by atoms with Gasteiger partial charge in [-0.3, -0.25) is 0 Å². The molecule has 1 aliphatic carbocycles. The Balaban J connectivity index is 1.81. The van der Waals surface area contributed by atoms with Crippen LogP contribution in [0.4, 0.5) is 0 Å². The zero-order valence-corrected chi connectivity index (χ0v) is 11.6. The molecule has 1 aromatic rings. The molecule has 1 N–H and O–H groups in total. The van der Waals surface area contributed by atoms with Crippen molar-refractivity contribution in [1.29, 1.82) is 0 Å². The summed E-state index contributed by atoms with van der Waals surface area (Å²) in [7, 11) is 1.90. The first kappa shape index (κ1) is 13.5. The smallest absolute Gasteiger partial charge is 0.229 e.